The molecule has 0 spiro atoms. The highest BCUT2D eigenvalue weighted by Gasteiger charge is 2.17. The van der Waals surface area contributed by atoms with Crippen molar-refractivity contribution in [3.8, 4) is 0 Å². The molecule has 2 aromatic rings. The topological polar surface area (TPSA) is 20.2 Å². The van der Waals surface area contributed by atoms with Gasteiger partial charge >= 0.3 is 0 Å². The van der Waals surface area contributed by atoms with Crippen LogP contribution in [0.25, 0.3) is 12.2 Å². The lowest BCUT2D eigenvalue weighted by molar-refractivity contribution is 0.220. The van der Waals surface area contributed by atoms with Crippen molar-refractivity contribution in [1.82, 2.24) is 0 Å². The predicted octanol–water partition coefficient (Wildman–Crippen LogP) is 4.28. The number of rotatable bonds is 0. The van der Waals surface area contributed by atoms with Crippen LogP contribution in [0.3, 0.4) is 0 Å². The maximum absolute atomic E-state index is 10.4. The molecule has 0 radical (unpaired) electrons. The quantitative estimate of drug-likeness (QED) is 0.726. The lowest BCUT2D eigenvalue weighted by Crippen LogP contribution is -2.01. The molecule has 2 aromatic carbocycles. The Morgan fingerprint density at radius 1 is 0.722 bits per heavy atom. The maximum atomic E-state index is 10.4. The number of benzene rings is 2. The summed E-state index contributed by atoms with van der Waals surface area (Å²) in [5.41, 5.74) is 4.13. The van der Waals surface area contributed by atoms with Crippen LogP contribution in [0.4, 0.5) is 0 Å². The van der Waals surface area contributed by atoms with E-state index in [1.165, 1.54) is 0 Å². The van der Waals surface area contributed by atoms with Crippen molar-refractivity contribution < 1.29 is 5.11 Å². The molecule has 0 saturated heterocycles. The number of hydrogen-bond donors (Lipinski definition) is 1. The fraction of sp³-hybridized carbons (Fsp3) is 0.176. The molecule has 0 aliphatic heterocycles. The Kier molecular flexibility index (Phi) is 3.96. The van der Waals surface area contributed by atoms with E-state index in [9.17, 15) is 5.11 Å². The van der Waals surface area contributed by atoms with Gasteiger partial charge in [0.2, 0.25) is 0 Å². The van der Waals surface area contributed by atoms with Crippen molar-refractivity contribution in [3.05, 3.63) is 70.8 Å². The fourth-order valence-electron chi connectivity index (χ4n) is 2.17. The molecule has 1 nitrogen and oxygen atoms in total. The van der Waals surface area contributed by atoms with Crippen LogP contribution in [0.2, 0.25) is 0 Å². The third kappa shape index (κ3) is 2.22. The minimum absolute atomic E-state index is 0.526. The fourth-order valence-corrected chi connectivity index (χ4v) is 2.17. The van der Waals surface area contributed by atoms with Gasteiger partial charge in [-0.1, -0.05) is 74.5 Å². The van der Waals surface area contributed by atoms with Gasteiger partial charge in [0, 0.05) is 0 Å². The summed E-state index contributed by atoms with van der Waals surface area (Å²) in [5, 5.41) is 10.4. The van der Waals surface area contributed by atoms with Crippen molar-refractivity contribution in [2.45, 2.75) is 20.0 Å². The van der Waals surface area contributed by atoms with Crippen LogP contribution in [-0.4, -0.2) is 5.11 Å². The SMILES string of the molecule is CC.OC1c2ccccc2C=Cc2ccccc21. The summed E-state index contributed by atoms with van der Waals surface area (Å²) in [6, 6.07) is 15.9. The van der Waals surface area contributed by atoms with Gasteiger partial charge < -0.3 is 5.11 Å². The lowest BCUT2D eigenvalue weighted by atomic mass is 9.97. The van der Waals surface area contributed by atoms with E-state index in [-0.39, 0.29) is 0 Å². The van der Waals surface area contributed by atoms with Gasteiger partial charge in [-0.15, -0.1) is 0 Å². The Balaban J connectivity index is 0.000000574. The summed E-state index contributed by atoms with van der Waals surface area (Å²) in [5.74, 6) is 0. The predicted molar refractivity (Wildman–Crippen MR) is 77.2 cm³/mol. The highest BCUT2D eigenvalue weighted by molar-refractivity contribution is 5.75. The van der Waals surface area contributed by atoms with Crippen LogP contribution < -0.4 is 0 Å². The number of hydrogen-bond acceptors (Lipinski definition) is 1. The molecule has 0 unspecified atom stereocenters. The van der Waals surface area contributed by atoms with E-state index in [0.29, 0.717) is 0 Å². The van der Waals surface area contributed by atoms with Crippen molar-refractivity contribution >= 4 is 12.2 Å². The molecule has 1 heteroatoms. The standard InChI is InChI=1S/C15H12O.C2H6/c16-15-13-7-3-1-5-11(13)9-10-12-6-2-4-8-14(12)15;1-2/h1-10,15-16H;1-2H3. The Labute approximate surface area is 108 Å². The van der Waals surface area contributed by atoms with E-state index >= 15 is 0 Å². The highest BCUT2D eigenvalue weighted by atomic mass is 16.3. The van der Waals surface area contributed by atoms with Crippen LogP contribution >= 0.6 is 0 Å². The van der Waals surface area contributed by atoms with Crippen molar-refractivity contribution in [2.24, 2.45) is 0 Å². The molecule has 1 aliphatic rings. The summed E-state index contributed by atoms with van der Waals surface area (Å²) in [7, 11) is 0. The largest absolute Gasteiger partial charge is 0.384 e. The van der Waals surface area contributed by atoms with Gasteiger partial charge in [-0.25, -0.2) is 0 Å². The Bertz CT molecular complexity index is 506. The third-order valence-corrected chi connectivity index (χ3v) is 3.02. The number of aliphatic hydroxyl groups excluding tert-OH is 1. The van der Waals surface area contributed by atoms with Crippen LogP contribution in [0, 0.1) is 0 Å². The van der Waals surface area contributed by atoms with Crippen molar-refractivity contribution in [3.63, 3.8) is 0 Å². The third-order valence-electron chi connectivity index (χ3n) is 3.02. The van der Waals surface area contributed by atoms with E-state index < -0.39 is 6.10 Å². The highest BCUT2D eigenvalue weighted by Crippen LogP contribution is 2.32. The summed E-state index contributed by atoms with van der Waals surface area (Å²) in [4.78, 5) is 0. The van der Waals surface area contributed by atoms with Crippen molar-refractivity contribution in [1.29, 1.82) is 0 Å². The average Bonchev–Trinajstić information content (AvgIpc) is 2.60. The molecule has 1 aliphatic carbocycles. The molecule has 1 N–H and O–H groups in total. The molecule has 92 valence electrons. The number of aliphatic hydroxyl groups is 1. The van der Waals surface area contributed by atoms with Crippen LogP contribution in [0.1, 0.15) is 42.2 Å². The first-order valence-corrected chi connectivity index (χ1v) is 6.40. The molecule has 0 atom stereocenters. The molecular formula is C17H18O. The molecule has 0 fully saturated rings. The molecule has 0 heterocycles. The zero-order valence-corrected chi connectivity index (χ0v) is 10.8. The average molecular weight is 238 g/mol. The smallest absolute Gasteiger partial charge is 0.105 e. The van der Waals surface area contributed by atoms with Crippen LogP contribution in [-0.2, 0) is 0 Å². The second kappa shape index (κ2) is 5.65. The van der Waals surface area contributed by atoms with Gasteiger partial charge in [0.1, 0.15) is 6.10 Å². The maximum Gasteiger partial charge on any atom is 0.105 e. The second-order valence-electron chi connectivity index (χ2n) is 3.99. The Morgan fingerprint density at radius 2 is 1.11 bits per heavy atom. The summed E-state index contributed by atoms with van der Waals surface area (Å²) < 4.78 is 0. The zero-order valence-electron chi connectivity index (χ0n) is 10.8. The van der Waals surface area contributed by atoms with Crippen LogP contribution in [0.5, 0.6) is 0 Å². The van der Waals surface area contributed by atoms with E-state index in [2.05, 4.69) is 12.2 Å². The summed E-state index contributed by atoms with van der Waals surface area (Å²) in [6.45, 7) is 4.00. The normalized spacial score (nSPS) is 12.8. The summed E-state index contributed by atoms with van der Waals surface area (Å²) >= 11 is 0. The van der Waals surface area contributed by atoms with Gasteiger partial charge in [-0.2, -0.15) is 0 Å². The van der Waals surface area contributed by atoms with E-state index in [1.807, 2.05) is 62.4 Å². The van der Waals surface area contributed by atoms with Gasteiger partial charge in [-0.3, -0.25) is 0 Å². The van der Waals surface area contributed by atoms with E-state index in [4.69, 9.17) is 0 Å². The van der Waals surface area contributed by atoms with E-state index in [0.717, 1.165) is 22.3 Å². The van der Waals surface area contributed by atoms with E-state index in [1.54, 1.807) is 0 Å². The molecular weight excluding hydrogens is 220 g/mol. The molecule has 3 rings (SSSR count). The zero-order chi connectivity index (χ0) is 13.0. The van der Waals surface area contributed by atoms with Gasteiger partial charge in [-0.05, 0) is 22.3 Å². The lowest BCUT2D eigenvalue weighted by Gasteiger charge is -2.13. The van der Waals surface area contributed by atoms with Crippen molar-refractivity contribution in [2.75, 3.05) is 0 Å². The minimum atomic E-state index is -0.526. The summed E-state index contributed by atoms with van der Waals surface area (Å²) in [6.07, 6.45) is 3.59. The monoisotopic (exact) mass is 238 g/mol. The first-order chi connectivity index (χ1) is 8.86. The van der Waals surface area contributed by atoms with Gasteiger partial charge in [0.05, 0.1) is 0 Å². The Hall–Kier alpha value is -1.86. The van der Waals surface area contributed by atoms with Gasteiger partial charge in [0.25, 0.3) is 0 Å². The molecule has 0 amide bonds. The van der Waals surface area contributed by atoms with Crippen LogP contribution in [0.15, 0.2) is 48.5 Å². The molecule has 0 bridgehead atoms. The molecule has 18 heavy (non-hydrogen) atoms. The first kappa shape index (κ1) is 12.6. The minimum Gasteiger partial charge on any atom is -0.384 e. The first-order valence-electron chi connectivity index (χ1n) is 6.40. The number of fused-ring (bicyclic) bond motifs is 2. The molecule has 0 saturated carbocycles. The Morgan fingerprint density at radius 3 is 1.56 bits per heavy atom. The van der Waals surface area contributed by atoms with Gasteiger partial charge in [0.15, 0.2) is 0 Å². The molecule has 0 aromatic heterocycles. The second-order valence-corrected chi connectivity index (χ2v) is 3.99.